The van der Waals surface area contributed by atoms with Crippen molar-refractivity contribution in [1.29, 1.82) is 0 Å². The molecule has 2 heteroatoms. The smallest absolute Gasteiger partial charge is 0.0502 e. The zero-order valence-corrected chi connectivity index (χ0v) is 29.8. The van der Waals surface area contributed by atoms with Crippen LogP contribution in [0.4, 0.5) is 34.1 Å². The summed E-state index contributed by atoms with van der Waals surface area (Å²) in [6.07, 6.45) is 6.14. The Hall–Kier alpha value is -5.08. The lowest BCUT2D eigenvalue weighted by Gasteiger charge is -2.45. The first kappa shape index (κ1) is 30.9. The summed E-state index contributed by atoms with van der Waals surface area (Å²) in [6.45, 7) is 9.67. The van der Waals surface area contributed by atoms with Crippen LogP contribution in [-0.2, 0) is 16.2 Å². The molecule has 0 aromatic heterocycles. The third kappa shape index (κ3) is 4.54. The molecule has 0 saturated heterocycles. The van der Waals surface area contributed by atoms with E-state index in [0.29, 0.717) is 0 Å². The monoisotopic (exact) mass is 650 g/mol. The van der Waals surface area contributed by atoms with Crippen molar-refractivity contribution in [3.8, 4) is 0 Å². The normalized spacial score (nSPS) is 18.0. The maximum atomic E-state index is 2.60. The molecule has 2 aliphatic heterocycles. The van der Waals surface area contributed by atoms with Crippen LogP contribution in [0.3, 0.4) is 0 Å². The van der Waals surface area contributed by atoms with Gasteiger partial charge in [-0.25, -0.2) is 0 Å². The molecule has 1 fully saturated rings. The van der Waals surface area contributed by atoms with Crippen LogP contribution in [0.5, 0.6) is 0 Å². The fourth-order valence-electron chi connectivity index (χ4n) is 9.61. The second-order valence-corrected chi connectivity index (χ2v) is 15.7. The molecule has 6 aromatic carbocycles. The SMILES string of the molecule is CC1(C)c2ccccc2N(c2ccccc2)c2ccc(C3(c4ccc5c(c4)C(C)(C)c4ccccc4N5c4ccccc4)CCCCC3)cc21. The quantitative estimate of drug-likeness (QED) is 0.187. The highest BCUT2D eigenvalue weighted by atomic mass is 15.2. The van der Waals surface area contributed by atoms with Gasteiger partial charge in [-0.05, 0) is 94.8 Å². The fourth-order valence-corrected chi connectivity index (χ4v) is 9.61. The highest BCUT2D eigenvalue weighted by Crippen LogP contribution is 2.56. The van der Waals surface area contributed by atoms with Gasteiger partial charge in [0, 0.05) is 27.6 Å². The summed E-state index contributed by atoms with van der Waals surface area (Å²) in [7, 11) is 0. The molecule has 2 nitrogen and oxygen atoms in total. The second kappa shape index (κ2) is 11.5. The van der Waals surface area contributed by atoms with Crippen molar-refractivity contribution in [2.24, 2.45) is 0 Å². The van der Waals surface area contributed by atoms with Crippen LogP contribution >= 0.6 is 0 Å². The molecule has 1 saturated carbocycles. The van der Waals surface area contributed by atoms with Crippen molar-refractivity contribution in [2.75, 3.05) is 9.80 Å². The number of fused-ring (bicyclic) bond motifs is 4. The fraction of sp³-hybridized carbons (Fsp3) is 0.250. The summed E-state index contributed by atoms with van der Waals surface area (Å²) in [5.41, 5.74) is 15.7. The number of rotatable bonds is 4. The molecule has 0 radical (unpaired) electrons. The van der Waals surface area contributed by atoms with Gasteiger partial charge in [0.2, 0.25) is 0 Å². The highest BCUT2D eigenvalue weighted by molar-refractivity contribution is 5.87. The van der Waals surface area contributed by atoms with Crippen LogP contribution in [0.1, 0.15) is 93.2 Å². The average molecular weight is 651 g/mol. The minimum Gasteiger partial charge on any atom is -0.310 e. The van der Waals surface area contributed by atoms with Crippen LogP contribution in [0.15, 0.2) is 146 Å². The lowest BCUT2D eigenvalue weighted by atomic mass is 9.62. The van der Waals surface area contributed by atoms with Crippen molar-refractivity contribution in [2.45, 2.75) is 76.0 Å². The standard InChI is InChI=1S/C48H46N2/c1-46(2)38-22-12-14-24-42(38)49(36-18-8-5-9-19-36)44-28-26-34(32-40(44)46)48(30-16-7-17-31-48)35-27-29-45-41(33-35)47(3,4)39-23-13-15-25-43(39)50(45)37-20-10-6-11-21-37/h5-6,8-15,18-29,32-33H,7,16-17,30-31H2,1-4H3. The van der Waals surface area contributed by atoms with Crippen molar-refractivity contribution in [3.05, 3.63) is 179 Å². The number of anilines is 6. The molecule has 0 N–H and O–H groups in total. The van der Waals surface area contributed by atoms with Crippen LogP contribution in [0, 0.1) is 0 Å². The first-order chi connectivity index (χ1) is 24.3. The van der Waals surface area contributed by atoms with Crippen LogP contribution < -0.4 is 9.80 Å². The maximum absolute atomic E-state index is 2.60. The molecule has 0 bridgehead atoms. The van der Waals surface area contributed by atoms with Gasteiger partial charge in [-0.3, -0.25) is 0 Å². The maximum Gasteiger partial charge on any atom is 0.0502 e. The van der Waals surface area contributed by atoms with Crippen molar-refractivity contribution in [1.82, 2.24) is 0 Å². The third-order valence-corrected chi connectivity index (χ3v) is 12.3. The Morgan fingerprint density at radius 1 is 0.380 bits per heavy atom. The van der Waals surface area contributed by atoms with Gasteiger partial charge in [-0.1, -0.05) is 144 Å². The van der Waals surface area contributed by atoms with Crippen LogP contribution in [0.2, 0.25) is 0 Å². The molecule has 0 atom stereocenters. The molecule has 3 aliphatic rings. The zero-order valence-electron chi connectivity index (χ0n) is 29.8. The Labute approximate surface area is 298 Å². The molecular weight excluding hydrogens is 605 g/mol. The van der Waals surface area contributed by atoms with E-state index in [2.05, 4.69) is 183 Å². The third-order valence-electron chi connectivity index (χ3n) is 12.3. The van der Waals surface area contributed by atoms with E-state index in [4.69, 9.17) is 0 Å². The van der Waals surface area contributed by atoms with E-state index < -0.39 is 0 Å². The summed E-state index contributed by atoms with van der Waals surface area (Å²) in [5, 5.41) is 0. The van der Waals surface area contributed by atoms with Gasteiger partial charge in [-0.2, -0.15) is 0 Å². The van der Waals surface area contributed by atoms with E-state index in [-0.39, 0.29) is 16.2 Å². The lowest BCUT2D eigenvalue weighted by molar-refractivity contribution is 0.345. The molecule has 2 heterocycles. The van der Waals surface area contributed by atoms with Gasteiger partial charge in [0.05, 0.1) is 22.7 Å². The van der Waals surface area contributed by atoms with E-state index in [1.54, 1.807) is 0 Å². The van der Waals surface area contributed by atoms with E-state index in [1.165, 1.54) is 99.6 Å². The Bertz CT molecular complexity index is 2050. The first-order valence-corrected chi connectivity index (χ1v) is 18.5. The molecule has 50 heavy (non-hydrogen) atoms. The number of hydrogen-bond acceptors (Lipinski definition) is 2. The van der Waals surface area contributed by atoms with Crippen molar-refractivity contribution >= 4 is 34.1 Å². The molecule has 248 valence electrons. The predicted molar refractivity (Wildman–Crippen MR) is 210 cm³/mol. The minimum atomic E-state index is -0.138. The van der Waals surface area contributed by atoms with Gasteiger partial charge in [0.1, 0.15) is 0 Å². The molecule has 0 unspecified atom stereocenters. The van der Waals surface area contributed by atoms with Crippen molar-refractivity contribution < 1.29 is 0 Å². The van der Waals surface area contributed by atoms with Gasteiger partial charge in [0.25, 0.3) is 0 Å². The van der Waals surface area contributed by atoms with Crippen LogP contribution in [-0.4, -0.2) is 0 Å². The van der Waals surface area contributed by atoms with E-state index in [1.807, 2.05) is 0 Å². The number of nitrogens with zero attached hydrogens (tertiary/aromatic N) is 2. The molecule has 0 spiro atoms. The lowest BCUT2D eigenvalue weighted by Crippen LogP contribution is -2.35. The van der Waals surface area contributed by atoms with Gasteiger partial charge >= 0.3 is 0 Å². The Balaban J connectivity index is 1.23. The van der Waals surface area contributed by atoms with E-state index in [9.17, 15) is 0 Å². The average Bonchev–Trinajstić information content (AvgIpc) is 3.16. The summed E-state index contributed by atoms with van der Waals surface area (Å²) >= 11 is 0. The molecule has 1 aliphatic carbocycles. The summed E-state index contributed by atoms with van der Waals surface area (Å²) in [6, 6.07) is 54.8. The summed E-state index contributed by atoms with van der Waals surface area (Å²) < 4.78 is 0. The Kier molecular flexibility index (Phi) is 7.11. The number of para-hydroxylation sites is 4. The van der Waals surface area contributed by atoms with Crippen molar-refractivity contribution in [3.63, 3.8) is 0 Å². The van der Waals surface area contributed by atoms with Gasteiger partial charge in [-0.15, -0.1) is 0 Å². The highest BCUT2D eigenvalue weighted by Gasteiger charge is 2.43. The predicted octanol–water partition coefficient (Wildman–Crippen LogP) is 13.2. The largest absolute Gasteiger partial charge is 0.310 e. The second-order valence-electron chi connectivity index (χ2n) is 15.7. The first-order valence-electron chi connectivity index (χ1n) is 18.5. The Morgan fingerprint density at radius 2 is 0.760 bits per heavy atom. The van der Waals surface area contributed by atoms with Gasteiger partial charge in [0.15, 0.2) is 0 Å². The zero-order chi connectivity index (χ0) is 34.1. The summed E-state index contributed by atoms with van der Waals surface area (Å²) in [4.78, 5) is 4.95. The topological polar surface area (TPSA) is 6.48 Å². The minimum absolute atomic E-state index is 0.0441. The molecule has 9 rings (SSSR count). The number of benzene rings is 6. The molecule has 0 amide bonds. The van der Waals surface area contributed by atoms with Gasteiger partial charge < -0.3 is 9.80 Å². The number of hydrogen-bond donors (Lipinski definition) is 0. The Morgan fingerprint density at radius 3 is 1.20 bits per heavy atom. The molecular formula is C48H46N2. The summed E-state index contributed by atoms with van der Waals surface area (Å²) in [5.74, 6) is 0. The van der Waals surface area contributed by atoms with E-state index >= 15 is 0 Å². The van der Waals surface area contributed by atoms with E-state index in [0.717, 1.165) is 0 Å². The molecule has 6 aromatic rings. The van der Waals surface area contributed by atoms with Crippen LogP contribution in [0.25, 0.3) is 0 Å².